The molecule has 4 nitrogen and oxygen atoms in total. The van der Waals surface area contributed by atoms with Crippen LogP contribution in [0.3, 0.4) is 0 Å². The molecule has 0 spiro atoms. The molecular weight excluding hydrogens is 252 g/mol. The Balaban J connectivity index is 1.73. The quantitative estimate of drug-likeness (QED) is 0.919. The second-order valence-electron chi connectivity index (χ2n) is 6.23. The third-order valence-electron chi connectivity index (χ3n) is 3.32. The molecule has 2 rings (SSSR count). The Hall–Kier alpha value is -1.55. The molecule has 1 aromatic rings. The number of hydrogen-bond donors (Lipinski definition) is 1. The van der Waals surface area contributed by atoms with Crippen molar-refractivity contribution in [2.24, 2.45) is 0 Å². The van der Waals surface area contributed by atoms with E-state index in [0.29, 0.717) is 0 Å². The molecule has 1 aliphatic heterocycles. The standard InChI is InChI=1S/C16H24N2O2/c1-16(2,3)20-15(19)18-10-9-14(18)12-17-11-13-7-5-4-6-8-13/h4-8,14,17H,9-12H2,1-3H3/t14-/m0/s1. The highest BCUT2D eigenvalue weighted by Gasteiger charge is 2.34. The van der Waals surface area contributed by atoms with Crippen LogP contribution in [0.15, 0.2) is 30.3 Å². The van der Waals surface area contributed by atoms with Crippen molar-refractivity contribution in [2.45, 2.75) is 45.4 Å². The zero-order valence-electron chi connectivity index (χ0n) is 12.6. The summed E-state index contributed by atoms with van der Waals surface area (Å²) in [6.07, 6.45) is 0.844. The lowest BCUT2D eigenvalue weighted by Crippen LogP contribution is -2.56. The van der Waals surface area contributed by atoms with Gasteiger partial charge in [-0.25, -0.2) is 4.79 Å². The topological polar surface area (TPSA) is 41.6 Å². The van der Waals surface area contributed by atoms with Crippen LogP contribution in [0.2, 0.25) is 0 Å². The number of carbonyl (C=O) groups is 1. The molecule has 0 aromatic heterocycles. The largest absolute Gasteiger partial charge is 0.444 e. The molecule has 1 atom stereocenters. The Kier molecular flexibility index (Phi) is 4.65. The molecule has 0 saturated carbocycles. The van der Waals surface area contributed by atoms with Crippen LogP contribution in [-0.2, 0) is 11.3 Å². The van der Waals surface area contributed by atoms with E-state index in [-0.39, 0.29) is 12.1 Å². The van der Waals surface area contributed by atoms with E-state index in [4.69, 9.17) is 4.74 Å². The number of nitrogens with zero attached hydrogens (tertiary/aromatic N) is 1. The molecule has 0 radical (unpaired) electrons. The maximum Gasteiger partial charge on any atom is 0.410 e. The van der Waals surface area contributed by atoms with Crippen LogP contribution in [0.5, 0.6) is 0 Å². The predicted molar refractivity (Wildman–Crippen MR) is 79.5 cm³/mol. The third-order valence-corrected chi connectivity index (χ3v) is 3.32. The van der Waals surface area contributed by atoms with Gasteiger partial charge in [-0.15, -0.1) is 0 Å². The fourth-order valence-electron chi connectivity index (χ4n) is 2.19. The van der Waals surface area contributed by atoms with E-state index in [1.807, 2.05) is 43.9 Å². The van der Waals surface area contributed by atoms with Gasteiger partial charge in [-0.2, -0.15) is 0 Å². The lowest BCUT2D eigenvalue weighted by Gasteiger charge is -2.41. The van der Waals surface area contributed by atoms with Crippen molar-refractivity contribution in [3.63, 3.8) is 0 Å². The van der Waals surface area contributed by atoms with E-state index in [9.17, 15) is 4.79 Å². The summed E-state index contributed by atoms with van der Waals surface area (Å²) in [7, 11) is 0. The molecule has 0 bridgehead atoms. The Morgan fingerprint density at radius 2 is 2.05 bits per heavy atom. The van der Waals surface area contributed by atoms with Crippen molar-refractivity contribution in [1.29, 1.82) is 0 Å². The SMILES string of the molecule is CC(C)(C)OC(=O)N1CC[C@H]1CNCc1ccccc1. The smallest absolute Gasteiger partial charge is 0.410 e. The summed E-state index contributed by atoms with van der Waals surface area (Å²) >= 11 is 0. The van der Waals surface area contributed by atoms with Gasteiger partial charge in [0.05, 0.1) is 0 Å². The minimum Gasteiger partial charge on any atom is -0.444 e. The lowest BCUT2D eigenvalue weighted by molar-refractivity contribution is -0.00493. The maximum absolute atomic E-state index is 12.0. The van der Waals surface area contributed by atoms with Gasteiger partial charge in [-0.3, -0.25) is 0 Å². The van der Waals surface area contributed by atoms with Crippen molar-refractivity contribution in [2.75, 3.05) is 13.1 Å². The zero-order valence-corrected chi connectivity index (χ0v) is 12.6. The van der Waals surface area contributed by atoms with Crippen molar-refractivity contribution >= 4 is 6.09 Å². The van der Waals surface area contributed by atoms with Gasteiger partial charge in [0.1, 0.15) is 5.60 Å². The van der Waals surface area contributed by atoms with Gasteiger partial charge in [-0.1, -0.05) is 30.3 Å². The molecule has 1 N–H and O–H groups in total. The molecule has 1 saturated heterocycles. The van der Waals surface area contributed by atoms with Gasteiger partial charge < -0.3 is 15.0 Å². The zero-order chi connectivity index (χ0) is 14.6. The summed E-state index contributed by atoms with van der Waals surface area (Å²) in [5.41, 5.74) is 0.838. The molecule has 1 aliphatic rings. The van der Waals surface area contributed by atoms with E-state index in [0.717, 1.165) is 26.1 Å². The third kappa shape index (κ3) is 4.23. The highest BCUT2D eigenvalue weighted by molar-refractivity contribution is 5.69. The van der Waals surface area contributed by atoms with E-state index < -0.39 is 5.60 Å². The van der Waals surface area contributed by atoms with Crippen LogP contribution in [-0.4, -0.2) is 35.7 Å². The number of ether oxygens (including phenoxy) is 1. The number of rotatable bonds is 4. The fourth-order valence-corrected chi connectivity index (χ4v) is 2.19. The first-order valence-corrected chi connectivity index (χ1v) is 7.20. The Morgan fingerprint density at radius 1 is 1.35 bits per heavy atom. The fraction of sp³-hybridized carbons (Fsp3) is 0.562. The molecule has 20 heavy (non-hydrogen) atoms. The molecule has 1 amide bonds. The van der Waals surface area contributed by atoms with Gasteiger partial charge in [0, 0.05) is 25.7 Å². The van der Waals surface area contributed by atoms with E-state index in [1.54, 1.807) is 0 Å². The molecule has 110 valence electrons. The van der Waals surface area contributed by atoms with E-state index in [1.165, 1.54) is 5.56 Å². The number of benzene rings is 1. The van der Waals surface area contributed by atoms with Crippen LogP contribution < -0.4 is 5.32 Å². The summed E-state index contributed by atoms with van der Waals surface area (Å²) in [5.74, 6) is 0. The minimum absolute atomic E-state index is 0.199. The first-order chi connectivity index (χ1) is 9.46. The lowest BCUT2D eigenvalue weighted by atomic mass is 10.0. The number of hydrogen-bond acceptors (Lipinski definition) is 3. The average molecular weight is 276 g/mol. The normalized spacial score (nSPS) is 18.6. The number of likely N-dealkylation sites (tertiary alicyclic amines) is 1. The first-order valence-electron chi connectivity index (χ1n) is 7.20. The van der Waals surface area contributed by atoms with Crippen molar-refractivity contribution in [1.82, 2.24) is 10.2 Å². The number of amides is 1. The second-order valence-corrected chi connectivity index (χ2v) is 6.23. The van der Waals surface area contributed by atoms with Gasteiger partial charge in [0.25, 0.3) is 0 Å². The van der Waals surface area contributed by atoms with Crippen LogP contribution in [0.4, 0.5) is 4.79 Å². The molecule has 4 heteroatoms. The molecule has 1 fully saturated rings. The van der Waals surface area contributed by atoms with Gasteiger partial charge in [0.15, 0.2) is 0 Å². The van der Waals surface area contributed by atoms with E-state index in [2.05, 4.69) is 17.4 Å². The van der Waals surface area contributed by atoms with Gasteiger partial charge >= 0.3 is 6.09 Å². The molecule has 1 heterocycles. The maximum atomic E-state index is 12.0. The minimum atomic E-state index is -0.422. The summed E-state index contributed by atoms with van der Waals surface area (Å²) in [5, 5.41) is 3.40. The molecule has 1 aromatic carbocycles. The highest BCUT2D eigenvalue weighted by atomic mass is 16.6. The van der Waals surface area contributed by atoms with Crippen LogP contribution in [0.1, 0.15) is 32.8 Å². The van der Waals surface area contributed by atoms with Crippen molar-refractivity contribution < 1.29 is 9.53 Å². The Labute approximate surface area is 121 Å². The van der Waals surface area contributed by atoms with Crippen molar-refractivity contribution in [3.05, 3.63) is 35.9 Å². The van der Waals surface area contributed by atoms with Crippen LogP contribution >= 0.6 is 0 Å². The summed E-state index contributed by atoms with van der Waals surface area (Å²) in [4.78, 5) is 13.8. The average Bonchev–Trinajstić information content (AvgIpc) is 2.32. The molecular formula is C16H24N2O2. The molecule has 0 unspecified atom stereocenters. The highest BCUT2D eigenvalue weighted by Crippen LogP contribution is 2.20. The number of nitrogens with one attached hydrogen (secondary N) is 1. The summed E-state index contributed by atoms with van der Waals surface area (Å²) in [6, 6.07) is 10.5. The Morgan fingerprint density at radius 3 is 2.60 bits per heavy atom. The van der Waals surface area contributed by atoms with Crippen LogP contribution in [0, 0.1) is 0 Å². The van der Waals surface area contributed by atoms with Crippen molar-refractivity contribution in [3.8, 4) is 0 Å². The number of carbonyl (C=O) groups excluding carboxylic acids is 1. The summed E-state index contributed by atoms with van der Waals surface area (Å²) < 4.78 is 5.40. The molecule has 0 aliphatic carbocycles. The van der Waals surface area contributed by atoms with E-state index >= 15 is 0 Å². The van der Waals surface area contributed by atoms with Gasteiger partial charge in [-0.05, 0) is 32.8 Å². The summed E-state index contributed by atoms with van der Waals surface area (Å²) in [6.45, 7) is 8.13. The van der Waals surface area contributed by atoms with Crippen LogP contribution in [0.25, 0.3) is 0 Å². The second kappa shape index (κ2) is 6.27. The Bertz CT molecular complexity index is 440. The predicted octanol–water partition coefficient (Wildman–Crippen LogP) is 2.79. The monoisotopic (exact) mass is 276 g/mol. The van der Waals surface area contributed by atoms with Gasteiger partial charge in [0.2, 0.25) is 0 Å². The first kappa shape index (κ1) is 14.9.